The van der Waals surface area contributed by atoms with Crippen molar-refractivity contribution >= 4 is 11.6 Å². The zero-order valence-electron chi connectivity index (χ0n) is 19.6. The van der Waals surface area contributed by atoms with Gasteiger partial charge in [-0.05, 0) is 49.7 Å². The van der Waals surface area contributed by atoms with Crippen LogP contribution in [-0.2, 0) is 19.1 Å². The molecule has 0 amide bonds. The van der Waals surface area contributed by atoms with Gasteiger partial charge < -0.3 is 19.7 Å². The van der Waals surface area contributed by atoms with Crippen LogP contribution in [0.5, 0.6) is 0 Å². The van der Waals surface area contributed by atoms with E-state index in [0.29, 0.717) is 12.8 Å². The summed E-state index contributed by atoms with van der Waals surface area (Å²) in [5, 5.41) is 21.7. The van der Waals surface area contributed by atoms with E-state index < -0.39 is 36.1 Å². The summed E-state index contributed by atoms with van der Waals surface area (Å²) in [4.78, 5) is 25.5. The highest BCUT2D eigenvalue weighted by Crippen LogP contribution is 2.70. The van der Waals surface area contributed by atoms with Crippen molar-refractivity contribution in [3.8, 4) is 0 Å². The number of hydrogen-bond acceptors (Lipinski definition) is 6. The van der Waals surface area contributed by atoms with Gasteiger partial charge in [0.25, 0.3) is 0 Å². The van der Waals surface area contributed by atoms with E-state index in [1.54, 1.807) is 12.2 Å². The maximum Gasteiger partial charge on any atom is 0.193 e. The topological polar surface area (TPSA) is 93.1 Å². The monoisotopic (exact) mass is 464 g/mol. The van der Waals surface area contributed by atoms with E-state index in [1.807, 2.05) is 36.4 Å². The molecule has 4 aliphatic carbocycles. The minimum atomic E-state index is -1.30. The fourth-order valence-electron chi connectivity index (χ4n) is 8.44. The summed E-state index contributed by atoms with van der Waals surface area (Å²) < 4.78 is 13.0. The number of ketones is 2. The van der Waals surface area contributed by atoms with E-state index in [2.05, 4.69) is 13.8 Å². The van der Waals surface area contributed by atoms with Crippen molar-refractivity contribution in [3.63, 3.8) is 0 Å². The van der Waals surface area contributed by atoms with Crippen LogP contribution in [0, 0.1) is 28.6 Å². The molecule has 3 saturated carbocycles. The summed E-state index contributed by atoms with van der Waals surface area (Å²) in [7, 11) is 0. The molecule has 5 aliphatic rings. The highest BCUT2D eigenvalue weighted by molar-refractivity contribution is 6.01. The zero-order chi connectivity index (χ0) is 23.9. The Morgan fingerprint density at radius 1 is 1.21 bits per heavy atom. The number of aliphatic hydroxyl groups excluding tert-OH is 2. The van der Waals surface area contributed by atoms with Crippen molar-refractivity contribution in [3.05, 3.63) is 59.7 Å². The number of hydrogen-bond donors (Lipinski definition) is 2. The summed E-state index contributed by atoms with van der Waals surface area (Å²) in [6.07, 6.45) is 6.21. The molecule has 1 heterocycles. The number of aliphatic hydroxyl groups is 2. The number of ether oxygens (including phenoxy) is 2. The predicted molar refractivity (Wildman–Crippen MR) is 123 cm³/mol. The molecule has 9 atom stereocenters. The zero-order valence-corrected chi connectivity index (χ0v) is 19.6. The average Bonchev–Trinajstić information content (AvgIpc) is 3.32. The minimum absolute atomic E-state index is 0.0118. The van der Waals surface area contributed by atoms with Crippen LogP contribution < -0.4 is 0 Å². The van der Waals surface area contributed by atoms with Crippen LogP contribution in [0.3, 0.4) is 0 Å². The Morgan fingerprint density at radius 3 is 2.71 bits per heavy atom. The Balaban J connectivity index is 1.41. The largest absolute Gasteiger partial charge is 0.393 e. The van der Waals surface area contributed by atoms with E-state index in [0.717, 1.165) is 24.0 Å². The summed E-state index contributed by atoms with van der Waals surface area (Å²) in [5.74, 6) is -0.136. The Morgan fingerprint density at radius 2 is 1.97 bits per heavy atom. The molecule has 0 radical (unpaired) electrons. The molecule has 34 heavy (non-hydrogen) atoms. The summed E-state index contributed by atoms with van der Waals surface area (Å²) in [6, 6.07) is 9.57. The highest BCUT2D eigenvalue weighted by Gasteiger charge is 2.75. The van der Waals surface area contributed by atoms with Gasteiger partial charge >= 0.3 is 0 Å². The van der Waals surface area contributed by atoms with Gasteiger partial charge in [0.1, 0.15) is 6.61 Å². The first-order valence-corrected chi connectivity index (χ1v) is 12.4. The van der Waals surface area contributed by atoms with E-state index in [-0.39, 0.29) is 34.7 Å². The van der Waals surface area contributed by atoms with Crippen LogP contribution in [0.25, 0.3) is 0 Å². The second-order valence-corrected chi connectivity index (χ2v) is 11.2. The van der Waals surface area contributed by atoms with Crippen molar-refractivity contribution in [1.29, 1.82) is 0 Å². The van der Waals surface area contributed by atoms with Gasteiger partial charge in [-0.2, -0.15) is 0 Å². The first kappa shape index (κ1) is 22.4. The van der Waals surface area contributed by atoms with Gasteiger partial charge in [0.15, 0.2) is 23.5 Å². The quantitative estimate of drug-likeness (QED) is 0.713. The van der Waals surface area contributed by atoms with Gasteiger partial charge in [0, 0.05) is 22.3 Å². The van der Waals surface area contributed by atoms with E-state index in [1.165, 1.54) is 0 Å². The lowest BCUT2D eigenvalue weighted by atomic mass is 9.46. The van der Waals surface area contributed by atoms with Gasteiger partial charge in [-0.1, -0.05) is 55.8 Å². The molecule has 4 fully saturated rings. The van der Waals surface area contributed by atoms with Crippen LogP contribution in [0.2, 0.25) is 0 Å². The number of carbonyl (C=O) groups is 2. The highest BCUT2D eigenvalue weighted by atomic mass is 16.7. The van der Waals surface area contributed by atoms with Gasteiger partial charge in [0.05, 0.1) is 12.2 Å². The van der Waals surface area contributed by atoms with Gasteiger partial charge in [-0.15, -0.1) is 0 Å². The number of rotatable bonds is 3. The lowest BCUT2D eigenvalue weighted by molar-refractivity contribution is -0.201. The van der Waals surface area contributed by atoms with Crippen molar-refractivity contribution in [2.75, 3.05) is 6.61 Å². The van der Waals surface area contributed by atoms with Crippen LogP contribution in [0.1, 0.15) is 51.4 Å². The molecule has 0 aromatic heterocycles. The Hall–Kier alpha value is -2.12. The molecule has 1 aromatic rings. The summed E-state index contributed by atoms with van der Waals surface area (Å²) in [5.41, 5.74) is -0.410. The summed E-state index contributed by atoms with van der Waals surface area (Å²) >= 11 is 0. The molecular formula is C28H32O6. The third-order valence-electron chi connectivity index (χ3n) is 9.87. The Bertz CT molecular complexity index is 1090. The van der Waals surface area contributed by atoms with Crippen molar-refractivity contribution in [2.24, 2.45) is 28.6 Å². The molecule has 1 unspecified atom stereocenters. The number of carbonyl (C=O) groups excluding carboxylic acids is 2. The van der Waals surface area contributed by atoms with Crippen LogP contribution in [-0.4, -0.2) is 46.2 Å². The third kappa shape index (κ3) is 2.71. The maximum absolute atomic E-state index is 13.5. The average molecular weight is 465 g/mol. The third-order valence-corrected chi connectivity index (χ3v) is 9.87. The molecule has 1 aliphatic heterocycles. The molecular weight excluding hydrogens is 432 g/mol. The normalized spacial score (nSPS) is 46.8. The molecule has 0 bridgehead atoms. The van der Waals surface area contributed by atoms with Crippen LogP contribution in [0.15, 0.2) is 54.1 Å². The fourth-order valence-corrected chi connectivity index (χ4v) is 8.44. The predicted octanol–water partition coefficient (Wildman–Crippen LogP) is 3.29. The fraction of sp³-hybridized carbons (Fsp3) is 0.571. The Labute approximate surface area is 199 Å². The number of fused-ring (bicyclic) bond motifs is 7. The lowest BCUT2D eigenvalue weighted by Crippen LogP contribution is -2.63. The van der Waals surface area contributed by atoms with Crippen LogP contribution in [0.4, 0.5) is 0 Å². The molecule has 1 saturated heterocycles. The molecule has 2 N–H and O–H groups in total. The van der Waals surface area contributed by atoms with Gasteiger partial charge in [0.2, 0.25) is 0 Å². The first-order chi connectivity index (χ1) is 16.2. The summed E-state index contributed by atoms with van der Waals surface area (Å²) in [6.45, 7) is 3.56. The second-order valence-electron chi connectivity index (χ2n) is 11.2. The number of benzene rings is 1. The van der Waals surface area contributed by atoms with E-state index >= 15 is 0 Å². The smallest absolute Gasteiger partial charge is 0.193 e. The Kier molecular flexibility index (Phi) is 4.89. The van der Waals surface area contributed by atoms with Crippen molar-refractivity contribution in [2.45, 2.75) is 63.6 Å². The van der Waals surface area contributed by atoms with E-state index in [4.69, 9.17) is 9.47 Å². The number of allylic oxidation sites excluding steroid dienone is 4. The van der Waals surface area contributed by atoms with Crippen molar-refractivity contribution < 1.29 is 29.3 Å². The molecule has 1 aromatic carbocycles. The molecule has 6 nitrogen and oxygen atoms in total. The maximum atomic E-state index is 13.5. The van der Waals surface area contributed by atoms with Gasteiger partial charge in [-0.3, -0.25) is 9.59 Å². The van der Waals surface area contributed by atoms with Gasteiger partial charge in [-0.25, -0.2) is 0 Å². The lowest BCUT2D eigenvalue weighted by Gasteiger charge is -2.59. The molecule has 6 rings (SSSR count). The minimum Gasteiger partial charge on any atom is -0.393 e. The SMILES string of the molecule is CC12C[C@H](O)[C@H]3[C@@H](CCC4=CC(=O)C=C[C@@]43C)[C@@H]1C[C@H]1O[C@H](c3ccccc3)O[C@]12C(=O)CO. The van der Waals surface area contributed by atoms with Crippen LogP contribution >= 0.6 is 0 Å². The molecule has 0 spiro atoms. The second kappa shape index (κ2) is 7.44. The van der Waals surface area contributed by atoms with E-state index in [9.17, 15) is 19.8 Å². The standard InChI is InChI=1S/C28H32O6/c1-26-11-10-18(30)12-17(26)8-9-19-20-13-23-28(22(32)15-29,27(20,2)14-21(31)24(19)26)34-25(33-23)16-6-4-3-5-7-16/h3-7,10-12,19-21,23-25,29,31H,8-9,13-15H2,1-2H3/t19-,20-,21-,23+,24+,25-,26-,27?,28+/m0/s1. The molecule has 6 heteroatoms. The first-order valence-electron chi connectivity index (χ1n) is 12.4. The van der Waals surface area contributed by atoms with Crippen molar-refractivity contribution in [1.82, 2.24) is 0 Å². The molecule has 180 valence electrons. The number of Topliss-reactive ketones (excluding diaryl/α,β-unsaturated/α-hetero) is 1.